The molecule has 0 spiro atoms. The molecule has 6 heteroatoms. The van der Waals surface area contributed by atoms with Crippen molar-refractivity contribution in [3.05, 3.63) is 52.5 Å². The van der Waals surface area contributed by atoms with Crippen LogP contribution in [0.2, 0.25) is 0 Å². The molecule has 0 fully saturated rings. The van der Waals surface area contributed by atoms with Crippen LogP contribution in [0, 0.1) is 5.82 Å². The van der Waals surface area contributed by atoms with Crippen molar-refractivity contribution in [2.24, 2.45) is 0 Å². The zero-order valence-corrected chi connectivity index (χ0v) is 10.5. The summed E-state index contributed by atoms with van der Waals surface area (Å²) in [6.45, 7) is 0. The number of hydrogen-bond acceptors (Lipinski definition) is 3. The van der Waals surface area contributed by atoms with Crippen molar-refractivity contribution < 1.29 is 19.0 Å². The zero-order chi connectivity index (χ0) is 13.1. The first-order chi connectivity index (χ1) is 8.56. The van der Waals surface area contributed by atoms with Crippen LogP contribution in [0.4, 0.5) is 4.39 Å². The monoisotopic (exact) mass is 311 g/mol. The summed E-state index contributed by atoms with van der Waals surface area (Å²) in [5, 5.41) is 8.80. The quantitative estimate of drug-likeness (QED) is 0.943. The number of hydrogen-bond donors (Lipinski definition) is 1. The van der Waals surface area contributed by atoms with Gasteiger partial charge in [-0.25, -0.2) is 9.18 Å². The standard InChI is InChI=1S/C12H7BrFNO3/c13-10-4-8(1-2-11(10)14)18-9-3-7(12(16)17)5-15-6-9/h1-6H,(H,16,17). The Labute approximate surface area is 110 Å². The molecule has 1 heterocycles. The van der Waals surface area contributed by atoms with Crippen molar-refractivity contribution in [2.75, 3.05) is 0 Å². The number of aromatic nitrogens is 1. The molecule has 0 bridgehead atoms. The van der Waals surface area contributed by atoms with Crippen molar-refractivity contribution >= 4 is 21.9 Å². The molecule has 0 saturated heterocycles. The van der Waals surface area contributed by atoms with E-state index in [-0.39, 0.29) is 15.8 Å². The first kappa shape index (κ1) is 12.5. The molecule has 0 aliphatic heterocycles. The predicted molar refractivity (Wildman–Crippen MR) is 65.4 cm³/mol. The van der Waals surface area contributed by atoms with Crippen LogP contribution in [-0.2, 0) is 0 Å². The molecule has 1 N–H and O–H groups in total. The number of rotatable bonds is 3. The molecule has 18 heavy (non-hydrogen) atoms. The Morgan fingerprint density at radius 1 is 1.28 bits per heavy atom. The normalized spacial score (nSPS) is 10.1. The van der Waals surface area contributed by atoms with E-state index in [4.69, 9.17) is 9.84 Å². The zero-order valence-electron chi connectivity index (χ0n) is 8.93. The van der Waals surface area contributed by atoms with E-state index in [2.05, 4.69) is 20.9 Å². The molecule has 92 valence electrons. The van der Waals surface area contributed by atoms with Crippen LogP contribution in [0.1, 0.15) is 10.4 Å². The molecule has 0 saturated carbocycles. The molecule has 0 unspecified atom stereocenters. The van der Waals surface area contributed by atoms with E-state index in [9.17, 15) is 9.18 Å². The first-order valence-corrected chi connectivity index (χ1v) is 5.67. The molecule has 0 amide bonds. The minimum Gasteiger partial charge on any atom is -0.478 e. The minimum atomic E-state index is -1.09. The van der Waals surface area contributed by atoms with Crippen molar-refractivity contribution in [3.8, 4) is 11.5 Å². The van der Waals surface area contributed by atoms with Gasteiger partial charge in [0.15, 0.2) is 0 Å². The fraction of sp³-hybridized carbons (Fsp3) is 0. The summed E-state index contributed by atoms with van der Waals surface area (Å²) >= 11 is 3.03. The summed E-state index contributed by atoms with van der Waals surface area (Å²) in [4.78, 5) is 14.5. The fourth-order valence-electron chi connectivity index (χ4n) is 1.27. The number of benzene rings is 1. The Morgan fingerprint density at radius 2 is 2.06 bits per heavy atom. The van der Waals surface area contributed by atoms with Crippen LogP contribution in [0.25, 0.3) is 0 Å². The van der Waals surface area contributed by atoms with Crippen molar-refractivity contribution in [1.82, 2.24) is 4.98 Å². The molecule has 0 aliphatic rings. The fourth-order valence-corrected chi connectivity index (χ4v) is 1.63. The number of ether oxygens (including phenoxy) is 1. The number of carboxylic acids is 1. The van der Waals surface area contributed by atoms with Gasteiger partial charge in [-0.1, -0.05) is 0 Å². The van der Waals surface area contributed by atoms with Crippen LogP contribution in [0.15, 0.2) is 41.1 Å². The molecule has 4 nitrogen and oxygen atoms in total. The first-order valence-electron chi connectivity index (χ1n) is 4.87. The second-order valence-electron chi connectivity index (χ2n) is 3.39. The van der Waals surface area contributed by atoms with Gasteiger partial charge in [-0.15, -0.1) is 0 Å². The van der Waals surface area contributed by atoms with Gasteiger partial charge in [0.1, 0.15) is 17.3 Å². The lowest BCUT2D eigenvalue weighted by Gasteiger charge is -2.06. The Balaban J connectivity index is 2.25. The molecular formula is C12H7BrFNO3. The average molecular weight is 312 g/mol. The molecule has 2 rings (SSSR count). The lowest BCUT2D eigenvalue weighted by atomic mass is 10.3. The SMILES string of the molecule is O=C(O)c1cncc(Oc2ccc(F)c(Br)c2)c1. The third-order valence-electron chi connectivity index (χ3n) is 2.09. The largest absolute Gasteiger partial charge is 0.478 e. The summed E-state index contributed by atoms with van der Waals surface area (Å²) in [7, 11) is 0. The molecule has 0 atom stereocenters. The van der Waals surface area contributed by atoms with Gasteiger partial charge in [0.25, 0.3) is 0 Å². The van der Waals surface area contributed by atoms with E-state index in [1.165, 1.54) is 36.7 Å². The van der Waals surface area contributed by atoms with Crippen molar-refractivity contribution in [1.29, 1.82) is 0 Å². The number of halogens is 2. The maximum Gasteiger partial charge on any atom is 0.337 e. The molecule has 1 aromatic heterocycles. The Bertz CT molecular complexity index is 604. The lowest BCUT2D eigenvalue weighted by molar-refractivity contribution is 0.0696. The summed E-state index contributed by atoms with van der Waals surface area (Å²) in [6, 6.07) is 5.47. The van der Waals surface area contributed by atoms with E-state index in [0.717, 1.165) is 0 Å². The van der Waals surface area contributed by atoms with Gasteiger partial charge in [-0.05, 0) is 40.2 Å². The van der Waals surface area contributed by atoms with E-state index in [0.29, 0.717) is 5.75 Å². The smallest absolute Gasteiger partial charge is 0.337 e. The van der Waals surface area contributed by atoms with Crippen LogP contribution >= 0.6 is 15.9 Å². The minimum absolute atomic E-state index is 0.0219. The highest BCUT2D eigenvalue weighted by Crippen LogP contribution is 2.26. The van der Waals surface area contributed by atoms with E-state index >= 15 is 0 Å². The Kier molecular flexibility index (Phi) is 3.57. The number of carbonyl (C=O) groups is 1. The lowest BCUT2D eigenvalue weighted by Crippen LogP contribution is -1.97. The van der Waals surface area contributed by atoms with Crippen LogP contribution in [-0.4, -0.2) is 16.1 Å². The molecule has 0 radical (unpaired) electrons. The molecule has 0 aliphatic carbocycles. The van der Waals surface area contributed by atoms with Gasteiger partial charge in [-0.2, -0.15) is 0 Å². The maximum atomic E-state index is 13.0. The highest BCUT2D eigenvalue weighted by Gasteiger charge is 2.07. The second-order valence-corrected chi connectivity index (χ2v) is 4.25. The molecular weight excluding hydrogens is 305 g/mol. The topological polar surface area (TPSA) is 59.4 Å². The summed E-state index contributed by atoms with van der Waals surface area (Å²) < 4.78 is 18.7. The highest BCUT2D eigenvalue weighted by molar-refractivity contribution is 9.10. The Hall–Kier alpha value is -1.95. The van der Waals surface area contributed by atoms with E-state index in [1.807, 2.05) is 0 Å². The Morgan fingerprint density at radius 3 is 2.72 bits per heavy atom. The average Bonchev–Trinajstić information content (AvgIpc) is 2.34. The highest BCUT2D eigenvalue weighted by atomic mass is 79.9. The maximum absolute atomic E-state index is 13.0. The number of nitrogens with zero attached hydrogens (tertiary/aromatic N) is 1. The summed E-state index contributed by atoms with van der Waals surface area (Å²) in [5.74, 6) is -0.839. The molecule has 2 aromatic rings. The van der Waals surface area contributed by atoms with Crippen LogP contribution in [0.3, 0.4) is 0 Å². The predicted octanol–water partition coefficient (Wildman–Crippen LogP) is 3.47. The number of pyridine rings is 1. The van der Waals surface area contributed by atoms with Crippen molar-refractivity contribution in [2.45, 2.75) is 0 Å². The number of aromatic carboxylic acids is 1. The van der Waals surface area contributed by atoms with Gasteiger partial charge in [-0.3, -0.25) is 4.98 Å². The van der Waals surface area contributed by atoms with E-state index in [1.54, 1.807) is 0 Å². The van der Waals surface area contributed by atoms with Gasteiger partial charge < -0.3 is 9.84 Å². The van der Waals surface area contributed by atoms with Gasteiger partial charge in [0.2, 0.25) is 0 Å². The van der Waals surface area contributed by atoms with Crippen LogP contribution in [0.5, 0.6) is 11.5 Å². The third kappa shape index (κ3) is 2.84. The second kappa shape index (κ2) is 5.14. The van der Waals surface area contributed by atoms with Gasteiger partial charge in [0, 0.05) is 6.20 Å². The molecule has 1 aromatic carbocycles. The summed E-state index contributed by atoms with van der Waals surface area (Å²) in [6.07, 6.45) is 2.60. The van der Waals surface area contributed by atoms with Crippen LogP contribution < -0.4 is 4.74 Å². The van der Waals surface area contributed by atoms with E-state index < -0.39 is 11.8 Å². The third-order valence-corrected chi connectivity index (χ3v) is 2.69. The van der Waals surface area contributed by atoms with Gasteiger partial charge >= 0.3 is 5.97 Å². The number of carboxylic acid groups (broad SMARTS) is 1. The summed E-state index contributed by atoms with van der Waals surface area (Å²) in [5.41, 5.74) is 0.0219. The van der Waals surface area contributed by atoms with Crippen molar-refractivity contribution in [3.63, 3.8) is 0 Å². The van der Waals surface area contributed by atoms with Gasteiger partial charge in [0.05, 0.1) is 16.2 Å².